The van der Waals surface area contributed by atoms with Gasteiger partial charge in [-0.1, -0.05) is 26.3 Å². The number of hydrogen-bond donors (Lipinski definition) is 4. The van der Waals surface area contributed by atoms with Crippen molar-refractivity contribution in [2.24, 2.45) is 11.3 Å². The Morgan fingerprint density at radius 1 is 1.10 bits per heavy atom. The van der Waals surface area contributed by atoms with E-state index in [-0.39, 0.29) is 28.4 Å². The van der Waals surface area contributed by atoms with E-state index in [9.17, 15) is 20.4 Å². The Morgan fingerprint density at radius 2 is 1.81 bits per heavy atom. The van der Waals surface area contributed by atoms with Crippen molar-refractivity contribution in [2.45, 2.75) is 103 Å². The molecule has 31 heavy (non-hydrogen) atoms. The van der Waals surface area contributed by atoms with Crippen LogP contribution in [0.25, 0.3) is 0 Å². The van der Waals surface area contributed by atoms with Crippen molar-refractivity contribution in [3.05, 3.63) is 35.4 Å². The smallest absolute Gasteiger partial charge is 0.121 e. The zero-order valence-corrected chi connectivity index (χ0v) is 19.7. The van der Waals surface area contributed by atoms with Crippen molar-refractivity contribution in [2.75, 3.05) is 0 Å². The van der Waals surface area contributed by atoms with Gasteiger partial charge in [-0.3, -0.25) is 0 Å². The van der Waals surface area contributed by atoms with Gasteiger partial charge in [-0.15, -0.1) is 0 Å². The number of allylic oxidation sites excluding steroid dienone is 1. The molecule has 1 aliphatic carbocycles. The SMILES string of the molecule is CC1=CCC[C@](C)(CC[C@H]2C(C)(C)CCC[C@@]2(C)O)O[C@@H]1[C@@H](O)c1cc(O)ccc1O. The topological polar surface area (TPSA) is 90.2 Å². The van der Waals surface area contributed by atoms with Crippen LogP contribution in [0.5, 0.6) is 11.5 Å². The molecule has 1 aromatic rings. The Labute approximate surface area is 186 Å². The van der Waals surface area contributed by atoms with Gasteiger partial charge in [-0.25, -0.2) is 0 Å². The monoisotopic (exact) mass is 432 g/mol. The quantitative estimate of drug-likeness (QED) is 0.371. The average molecular weight is 433 g/mol. The highest BCUT2D eigenvalue weighted by Gasteiger charge is 2.46. The second kappa shape index (κ2) is 8.76. The lowest BCUT2D eigenvalue weighted by Gasteiger charge is -2.49. The molecule has 174 valence electrons. The summed E-state index contributed by atoms with van der Waals surface area (Å²) in [4.78, 5) is 0. The average Bonchev–Trinajstić information content (AvgIpc) is 2.80. The zero-order valence-electron chi connectivity index (χ0n) is 19.7. The van der Waals surface area contributed by atoms with Crippen LogP contribution in [-0.2, 0) is 4.74 Å². The molecule has 1 fully saturated rings. The first-order valence-electron chi connectivity index (χ1n) is 11.6. The van der Waals surface area contributed by atoms with Crippen molar-refractivity contribution in [1.82, 2.24) is 0 Å². The molecule has 0 bridgehead atoms. The van der Waals surface area contributed by atoms with Crippen molar-refractivity contribution in [3.63, 3.8) is 0 Å². The van der Waals surface area contributed by atoms with Gasteiger partial charge < -0.3 is 25.2 Å². The van der Waals surface area contributed by atoms with E-state index in [0.717, 1.165) is 50.5 Å². The molecule has 2 aliphatic rings. The second-order valence-electron chi connectivity index (χ2n) is 11.0. The molecule has 0 amide bonds. The Morgan fingerprint density at radius 3 is 2.48 bits per heavy atom. The van der Waals surface area contributed by atoms with Gasteiger partial charge in [0, 0.05) is 5.56 Å². The number of hydrogen-bond acceptors (Lipinski definition) is 5. The number of aliphatic hydroxyl groups is 2. The van der Waals surface area contributed by atoms with E-state index in [2.05, 4.69) is 26.8 Å². The summed E-state index contributed by atoms with van der Waals surface area (Å²) in [5, 5.41) is 42.2. The summed E-state index contributed by atoms with van der Waals surface area (Å²) in [7, 11) is 0. The number of phenolic OH excluding ortho intramolecular Hbond substituents is 2. The Hall–Kier alpha value is -1.56. The molecule has 1 saturated carbocycles. The van der Waals surface area contributed by atoms with Gasteiger partial charge >= 0.3 is 0 Å². The first kappa shape index (κ1) is 24.1. The predicted octanol–water partition coefficient (Wildman–Crippen LogP) is 5.37. The maximum atomic E-state index is 11.1. The summed E-state index contributed by atoms with van der Waals surface area (Å²) >= 11 is 0. The highest BCUT2D eigenvalue weighted by molar-refractivity contribution is 5.41. The maximum absolute atomic E-state index is 11.1. The van der Waals surface area contributed by atoms with Gasteiger partial charge in [0.1, 0.15) is 23.7 Å². The summed E-state index contributed by atoms with van der Waals surface area (Å²) < 4.78 is 6.56. The van der Waals surface area contributed by atoms with Crippen LogP contribution in [-0.4, -0.2) is 37.7 Å². The third-order valence-electron chi connectivity index (χ3n) is 7.78. The molecule has 1 aliphatic heterocycles. The first-order valence-corrected chi connectivity index (χ1v) is 11.6. The van der Waals surface area contributed by atoms with Crippen LogP contribution >= 0.6 is 0 Å². The molecule has 1 aromatic carbocycles. The van der Waals surface area contributed by atoms with Crippen molar-refractivity contribution in [3.8, 4) is 11.5 Å². The minimum absolute atomic E-state index is 0.00775. The van der Waals surface area contributed by atoms with E-state index in [1.165, 1.54) is 18.2 Å². The molecule has 0 unspecified atom stereocenters. The fourth-order valence-electron chi connectivity index (χ4n) is 5.86. The standard InChI is InChI=1S/C26H40O5/c1-17-8-6-13-25(4,15-11-21-24(2,3)12-7-14-26(21,5)30)31-23(17)22(29)19-16-18(27)9-10-20(19)28/h8-10,16,21-23,27-30H,6-7,11-15H2,1-5H3/t21-,22-,23-,25+,26+/m0/s1. The van der Waals surface area contributed by atoms with Crippen LogP contribution in [0.2, 0.25) is 0 Å². The zero-order chi connectivity index (χ0) is 23.0. The summed E-state index contributed by atoms with van der Waals surface area (Å²) in [6, 6.07) is 4.17. The Bertz CT molecular complexity index is 796. The number of rotatable bonds is 5. The fraction of sp³-hybridized carbons (Fsp3) is 0.692. The van der Waals surface area contributed by atoms with Crippen LogP contribution in [0.15, 0.2) is 29.8 Å². The largest absolute Gasteiger partial charge is 0.508 e. The first-order chi connectivity index (χ1) is 14.3. The highest BCUT2D eigenvalue weighted by atomic mass is 16.5. The van der Waals surface area contributed by atoms with Crippen LogP contribution in [0.4, 0.5) is 0 Å². The van der Waals surface area contributed by atoms with Crippen molar-refractivity contribution in [1.29, 1.82) is 0 Å². The molecule has 4 N–H and O–H groups in total. The molecule has 0 radical (unpaired) electrons. The van der Waals surface area contributed by atoms with Gasteiger partial charge in [0.2, 0.25) is 0 Å². The number of ether oxygens (including phenoxy) is 1. The summed E-state index contributed by atoms with van der Waals surface area (Å²) in [6.45, 7) is 10.5. The third kappa shape index (κ3) is 5.27. The van der Waals surface area contributed by atoms with Crippen LogP contribution in [0.1, 0.15) is 91.2 Å². The molecule has 3 rings (SSSR count). The lowest BCUT2D eigenvalue weighted by atomic mass is 9.60. The fourth-order valence-corrected chi connectivity index (χ4v) is 5.86. The molecule has 0 saturated heterocycles. The second-order valence-corrected chi connectivity index (χ2v) is 11.0. The maximum Gasteiger partial charge on any atom is 0.121 e. The van der Waals surface area contributed by atoms with Gasteiger partial charge in [0.15, 0.2) is 0 Å². The van der Waals surface area contributed by atoms with Crippen molar-refractivity contribution < 1.29 is 25.2 Å². The molecule has 0 spiro atoms. The van der Waals surface area contributed by atoms with E-state index in [0.29, 0.717) is 0 Å². The molecular formula is C26H40O5. The van der Waals surface area contributed by atoms with Gasteiger partial charge in [0.25, 0.3) is 0 Å². The van der Waals surface area contributed by atoms with Gasteiger partial charge in [-0.05, 0) is 94.4 Å². The highest BCUT2D eigenvalue weighted by Crippen LogP contribution is 2.50. The van der Waals surface area contributed by atoms with E-state index in [1.54, 1.807) is 0 Å². The van der Waals surface area contributed by atoms with E-state index >= 15 is 0 Å². The molecular weight excluding hydrogens is 392 g/mol. The Kier molecular flexibility index (Phi) is 6.81. The summed E-state index contributed by atoms with van der Waals surface area (Å²) in [5.74, 6) is 0.115. The van der Waals surface area contributed by atoms with E-state index < -0.39 is 23.4 Å². The molecule has 1 heterocycles. The van der Waals surface area contributed by atoms with Crippen LogP contribution in [0, 0.1) is 11.3 Å². The van der Waals surface area contributed by atoms with Gasteiger partial charge in [-0.2, -0.15) is 0 Å². The van der Waals surface area contributed by atoms with Crippen LogP contribution in [0.3, 0.4) is 0 Å². The number of aliphatic hydroxyl groups excluding tert-OH is 1. The number of phenols is 2. The van der Waals surface area contributed by atoms with E-state index in [4.69, 9.17) is 4.74 Å². The van der Waals surface area contributed by atoms with Gasteiger partial charge in [0.05, 0.1) is 11.2 Å². The van der Waals surface area contributed by atoms with Crippen molar-refractivity contribution >= 4 is 0 Å². The molecule has 0 aromatic heterocycles. The van der Waals surface area contributed by atoms with Crippen LogP contribution < -0.4 is 0 Å². The predicted molar refractivity (Wildman–Crippen MR) is 122 cm³/mol. The summed E-state index contributed by atoms with van der Waals surface area (Å²) in [6.07, 6.45) is 6.71. The summed E-state index contributed by atoms with van der Waals surface area (Å²) in [5.41, 5.74) is 0.116. The molecule has 5 atom stereocenters. The molecule has 5 heteroatoms. The third-order valence-corrected chi connectivity index (χ3v) is 7.78. The molecule has 5 nitrogen and oxygen atoms in total. The van der Waals surface area contributed by atoms with E-state index in [1.807, 2.05) is 13.8 Å². The lowest BCUT2D eigenvalue weighted by molar-refractivity contribution is -0.133. The minimum atomic E-state index is -1.09. The number of benzene rings is 1. The normalized spacial score (nSPS) is 34.6. The lowest BCUT2D eigenvalue weighted by Crippen LogP contribution is -2.48. The number of aromatic hydroxyl groups is 2. The minimum Gasteiger partial charge on any atom is -0.508 e. The Balaban J connectivity index is 1.79.